The molecule has 3 heterocycles. The summed E-state index contributed by atoms with van der Waals surface area (Å²) < 4.78 is 62.7. The van der Waals surface area contributed by atoms with Crippen LogP contribution in [0.15, 0.2) is 53.7 Å². The summed E-state index contributed by atoms with van der Waals surface area (Å²) in [6.07, 6.45) is 3.49. The zero-order valence-electron chi connectivity index (χ0n) is 18.4. The monoisotopic (exact) mass is 505 g/mol. The molecule has 10 heteroatoms. The van der Waals surface area contributed by atoms with Crippen LogP contribution < -0.4 is 4.74 Å². The minimum absolute atomic E-state index is 0.000666. The van der Waals surface area contributed by atoms with Gasteiger partial charge in [0.1, 0.15) is 28.7 Å². The van der Waals surface area contributed by atoms with Crippen LogP contribution in [-0.4, -0.2) is 42.5 Å². The Kier molecular flexibility index (Phi) is 6.63. The number of nitrogens with zero attached hydrogens (tertiary/aromatic N) is 3. The fourth-order valence-corrected chi connectivity index (χ4v) is 7.09. The van der Waals surface area contributed by atoms with Gasteiger partial charge in [0, 0.05) is 24.1 Å². The number of hydrogen-bond donors (Lipinski definition) is 0. The Morgan fingerprint density at radius 2 is 1.94 bits per heavy atom. The molecule has 3 atom stereocenters. The fourth-order valence-electron chi connectivity index (χ4n) is 4.98. The van der Waals surface area contributed by atoms with E-state index in [1.54, 1.807) is 24.3 Å². The number of ether oxygens (including phenoxy) is 1. The predicted molar refractivity (Wildman–Crippen MR) is 125 cm³/mol. The number of hydrogen-bond acceptors (Lipinski definition) is 7. The summed E-state index contributed by atoms with van der Waals surface area (Å²) in [6, 6.07) is 11.4. The maximum Gasteiger partial charge on any atom is 0.185 e. The van der Waals surface area contributed by atoms with Crippen LogP contribution in [0, 0.1) is 11.7 Å². The average Bonchev–Trinajstić information content (AvgIpc) is 3.36. The molecule has 0 unspecified atom stereocenters. The molecule has 34 heavy (non-hydrogen) atoms. The highest BCUT2D eigenvalue weighted by Crippen LogP contribution is 2.45. The molecule has 1 saturated heterocycles. The molecule has 2 aromatic carbocycles. The molecule has 5 rings (SSSR count). The second-order valence-corrected chi connectivity index (χ2v) is 11.7. The number of aromatic nitrogens is 2. The van der Waals surface area contributed by atoms with E-state index in [0.29, 0.717) is 30.3 Å². The van der Waals surface area contributed by atoms with Gasteiger partial charge in [-0.1, -0.05) is 18.2 Å². The van der Waals surface area contributed by atoms with Gasteiger partial charge in [0.2, 0.25) is 0 Å². The van der Waals surface area contributed by atoms with Crippen molar-refractivity contribution in [3.05, 3.63) is 70.7 Å². The van der Waals surface area contributed by atoms with Crippen LogP contribution in [0.5, 0.6) is 5.75 Å². The van der Waals surface area contributed by atoms with Crippen LogP contribution in [0.2, 0.25) is 0 Å². The van der Waals surface area contributed by atoms with Crippen molar-refractivity contribution in [1.29, 1.82) is 0 Å². The lowest BCUT2D eigenvalue weighted by Crippen LogP contribution is -2.41. The van der Waals surface area contributed by atoms with Crippen LogP contribution in [0.3, 0.4) is 0 Å². The fraction of sp³-hybridized carbons (Fsp3) is 0.417. The lowest BCUT2D eigenvalue weighted by atomic mass is 9.85. The minimum atomic E-state index is -3.59. The Balaban J connectivity index is 1.45. The number of fused-ring (bicyclic) bond motifs is 1. The van der Waals surface area contributed by atoms with Crippen molar-refractivity contribution in [3.63, 3.8) is 0 Å². The number of benzene rings is 2. The second kappa shape index (κ2) is 9.67. The van der Waals surface area contributed by atoms with Crippen molar-refractivity contribution >= 4 is 21.4 Å². The molecule has 1 fully saturated rings. The van der Waals surface area contributed by atoms with E-state index in [-0.39, 0.29) is 41.1 Å². The third kappa shape index (κ3) is 4.71. The van der Waals surface area contributed by atoms with Gasteiger partial charge in [-0.15, -0.1) is 0 Å². The summed E-state index contributed by atoms with van der Waals surface area (Å²) in [5.41, 5.74) is 1.88. The van der Waals surface area contributed by atoms with E-state index in [1.807, 2.05) is 6.07 Å². The Morgan fingerprint density at radius 1 is 1.12 bits per heavy atom. The van der Waals surface area contributed by atoms with Gasteiger partial charge >= 0.3 is 0 Å². The smallest absolute Gasteiger partial charge is 0.185 e. The van der Waals surface area contributed by atoms with Crippen LogP contribution in [0.4, 0.5) is 8.78 Å². The number of piperidine rings is 1. The van der Waals surface area contributed by atoms with Crippen molar-refractivity contribution < 1.29 is 21.9 Å². The van der Waals surface area contributed by atoms with E-state index in [1.165, 1.54) is 18.5 Å². The van der Waals surface area contributed by atoms with Crippen molar-refractivity contribution in [2.75, 3.05) is 19.8 Å². The number of likely N-dealkylation sites (tertiary alicyclic amines) is 1. The second-order valence-electron chi connectivity index (χ2n) is 8.80. The zero-order valence-corrected chi connectivity index (χ0v) is 20.1. The number of sulfone groups is 1. The molecule has 0 radical (unpaired) electrons. The van der Waals surface area contributed by atoms with Crippen LogP contribution in [0.1, 0.15) is 47.5 Å². The van der Waals surface area contributed by atoms with Crippen molar-refractivity contribution in [1.82, 2.24) is 14.3 Å². The third-order valence-corrected chi connectivity index (χ3v) is 9.17. The Morgan fingerprint density at radius 3 is 2.68 bits per heavy atom. The van der Waals surface area contributed by atoms with Gasteiger partial charge in [-0.05, 0) is 66.7 Å². The first-order chi connectivity index (χ1) is 16.4. The molecule has 2 aliphatic heterocycles. The SMILES string of the molecule is O=S(=O)(Cc1ncns1)c1ccc2c(c1)OCC[C@@H]2N1CC[C@@H](CF)C[C@H]1c1ccc(F)cc1. The first kappa shape index (κ1) is 23.3. The summed E-state index contributed by atoms with van der Waals surface area (Å²) in [7, 11) is -3.59. The molecule has 0 amide bonds. The van der Waals surface area contributed by atoms with Crippen LogP contribution >= 0.6 is 11.5 Å². The summed E-state index contributed by atoms with van der Waals surface area (Å²) in [5.74, 6) is 0.0221. The maximum absolute atomic E-state index is 13.6. The van der Waals surface area contributed by atoms with E-state index >= 15 is 0 Å². The lowest BCUT2D eigenvalue weighted by Gasteiger charge is -2.45. The Bertz CT molecular complexity index is 1240. The van der Waals surface area contributed by atoms with Crippen molar-refractivity contribution in [2.24, 2.45) is 5.92 Å². The summed E-state index contributed by atoms with van der Waals surface area (Å²) in [5, 5.41) is 0.439. The molecule has 0 bridgehead atoms. The molecule has 6 nitrogen and oxygen atoms in total. The van der Waals surface area contributed by atoms with Gasteiger partial charge < -0.3 is 4.74 Å². The first-order valence-electron chi connectivity index (χ1n) is 11.3. The van der Waals surface area contributed by atoms with Crippen molar-refractivity contribution in [2.45, 2.75) is 42.0 Å². The number of rotatable bonds is 6. The quantitative estimate of drug-likeness (QED) is 0.475. The lowest BCUT2D eigenvalue weighted by molar-refractivity contribution is 0.0394. The highest BCUT2D eigenvalue weighted by molar-refractivity contribution is 7.90. The van der Waals surface area contributed by atoms with Gasteiger partial charge in [0.15, 0.2) is 9.84 Å². The van der Waals surface area contributed by atoms with Gasteiger partial charge in [-0.2, -0.15) is 4.37 Å². The van der Waals surface area contributed by atoms with Crippen LogP contribution in [0.25, 0.3) is 0 Å². The molecule has 2 aliphatic rings. The molecule has 1 aromatic heterocycles. The standard InChI is InChI=1S/C24H25F2N3O3S2/c25-13-16-7-9-29(22(11-16)17-1-3-18(26)4-2-17)21-8-10-32-23-12-19(5-6-20(21)23)34(30,31)14-24-27-15-28-33-24/h1-6,12,15-16,21-22H,7-11,13-14H2/t16-,21+,22+/m1/s1. The summed E-state index contributed by atoms with van der Waals surface area (Å²) >= 11 is 1.07. The molecule has 0 N–H and O–H groups in total. The highest BCUT2D eigenvalue weighted by atomic mass is 32.2. The highest BCUT2D eigenvalue weighted by Gasteiger charge is 2.37. The van der Waals surface area contributed by atoms with E-state index in [2.05, 4.69) is 14.3 Å². The molecule has 0 aliphatic carbocycles. The predicted octanol–water partition coefficient (Wildman–Crippen LogP) is 4.90. The van der Waals surface area contributed by atoms with E-state index in [9.17, 15) is 17.2 Å². The first-order valence-corrected chi connectivity index (χ1v) is 13.7. The van der Waals surface area contributed by atoms with E-state index < -0.39 is 9.84 Å². The van der Waals surface area contributed by atoms with Gasteiger partial charge in [0.25, 0.3) is 0 Å². The number of alkyl halides is 1. The molecule has 3 aromatic rings. The molecular formula is C24H25F2N3O3S2. The van der Waals surface area contributed by atoms with Crippen LogP contribution in [-0.2, 0) is 15.6 Å². The summed E-state index contributed by atoms with van der Waals surface area (Å²) in [4.78, 5) is 6.52. The molecular weight excluding hydrogens is 480 g/mol. The van der Waals surface area contributed by atoms with Crippen molar-refractivity contribution in [3.8, 4) is 5.75 Å². The molecule has 180 valence electrons. The van der Waals surface area contributed by atoms with Gasteiger partial charge in [-0.3, -0.25) is 9.29 Å². The average molecular weight is 506 g/mol. The Labute approximate surface area is 201 Å². The zero-order chi connectivity index (χ0) is 23.7. The van der Waals surface area contributed by atoms with Gasteiger partial charge in [-0.25, -0.2) is 17.8 Å². The third-order valence-electron chi connectivity index (χ3n) is 6.70. The number of halogens is 2. The van der Waals surface area contributed by atoms with E-state index in [0.717, 1.165) is 35.5 Å². The maximum atomic E-state index is 13.6. The minimum Gasteiger partial charge on any atom is -0.493 e. The summed E-state index contributed by atoms with van der Waals surface area (Å²) in [6.45, 7) is 0.792. The molecule has 0 saturated carbocycles. The van der Waals surface area contributed by atoms with Gasteiger partial charge in [0.05, 0.1) is 18.2 Å². The molecule has 0 spiro atoms. The topological polar surface area (TPSA) is 72.4 Å². The largest absolute Gasteiger partial charge is 0.493 e. The normalized spacial score (nSPS) is 23.3. The van der Waals surface area contributed by atoms with E-state index in [4.69, 9.17) is 4.74 Å². The Hall–Kier alpha value is -2.43.